The number of fused-ring (bicyclic) bond motifs is 1. The van der Waals surface area contributed by atoms with Crippen LogP contribution < -0.4 is 5.48 Å². The van der Waals surface area contributed by atoms with Crippen molar-refractivity contribution in [3.05, 3.63) is 107 Å². The molecular weight excluding hydrogens is 440 g/mol. The van der Waals surface area contributed by atoms with Gasteiger partial charge in [-0.1, -0.05) is 54.6 Å². The summed E-state index contributed by atoms with van der Waals surface area (Å²) in [6.07, 6.45) is 2.63. The van der Waals surface area contributed by atoms with Crippen LogP contribution in [0.3, 0.4) is 0 Å². The third-order valence-corrected chi connectivity index (χ3v) is 6.64. The molecule has 4 aromatic rings. The van der Waals surface area contributed by atoms with Gasteiger partial charge in [-0.15, -0.1) is 0 Å². The van der Waals surface area contributed by atoms with E-state index in [9.17, 15) is 9.59 Å². The van der Waals surface area contributed by atoms with Crippen LogP contribution in [0.5, 0.6) is 0 Å². The number of aromatic amines is 1. The minimum atomic E-state index is -0.520. The van der Waals surface area contributed by atoms with E-state index in [1.165, 1.54) is 5.56 Å². The molecule has 0 spiro atoms. The molecule has 3 N–H and O–H groups in total. The number of piperazine rings is 1. The molecule has 0 saturated carbocycles. The molecule has 1 aliphatic heterocycles. The van der Waals surface area contributed by atoms with Gasteiger partial charge in [-0.2, -0.15) is 0 Å². The van der Waals surface area contributed by atoms with Crippen molar-refractivity contribution in [1.29, 1.82) is 0 Å². The Morgan fingerprint density at radius 3 is 2.31 bits per heavy atom. The first-order valence-corrected chi connectivity index (χ1v) is 11.8. The Balaban J connectivity index is 1.25. The highest BCUT2D eigenvalue weighted by Crippen LogP contribution is 2.26. The number of nitrogens with one attached hydrogen (secondary N) is 2. The van der Waals surface area contributed by atoms with Crippen LogP contribution in [0.1, 0.15) is 37.4 Å². The fraction of sp³-hybridized carbons (Fsp3) is 0.214. The molecule has 0 bridgehead atoms. The maximum absolute atomic E-state index is 13.5. The first-order valence-electron chi connectivity index (χ1n) is 11.8. The van der Waals surface area contributed by atoms with Gasteiger partial charge >= 0.3 is 0 Å². The van der Waals surface area contributed by atoms with Crippen molar-refractivity contribution >= 4 is 22.7 Å². The zero-order valence-electron chi connectivity index (χ0n) is 19.4. The number of aromatic nitrogens is 1. The van der Waals surface area contributed by atoms with Crippen LogP contribution in [-0.4, -0.2) is 58.0 Å². The van der Waals surface area contributed by atoms with Crippen molar-refractivity contribution in [3.8, 4) is 0 Å². The van der Waals surface area contributed by atoms with E-state index in [2.05, 4.69) is 28.1 Å². The van der Waals surface area contributed by atoms with Crippen LogP contribution in [0.15, 0.2) is 79.0 Å². The second-order valence-corrected chi connectivity index (χ2v) is 8.91. The highest BCUT2D eigenvalue weighted by Gasteiger charge is 2.25. The van der Waals surface area contributed by atoms with Gasteiger partial charge < -0.3 is 9.88 Å². The Labute approximate surface area is 203 Å². The summed E-state index contributed by atoms with van der Waals surface area (Å²) in [5.41, 5.74) is 7.23. The Bertz CT molecular complexity index is 1320. The van der Waals surface area contributed by atoms with Crippen molar-refractivity contribution < 1.29 is 14.8 Å². The summed E-state index contributed by atoms with van der Waals surface area (Å²) in [4.78, 5) is 32.5. The summed E-state index contributed by atoms with van der Waals surface area (Å²) >= 11 is 0. The number of H-pyrrole nitrogens is 1. The topological polar surface area (TPSA) is 88.7 Å². The van der Waals surface area contributed by atoms with E-state index in [0.29, 0.717) is 18.7 Å². The smallest absolute Gasteiger partial charge is 0.274 e. The van der Waals surface area contributed by atoms with Crippen LogP contribution in [0.2, 0.25) is 0 Å². The van der Waals surface area contributed by atoms with E-state index in [-0.39, 0.29) is 5.91 Å². The van der Waals surface area contributed by atoms with E-state index in [1.807, 2.05) is 53.6 Å². The van der Waals surface area contributed by atoms with Crippen molar-refractivity contribution in [2.45, 2.75) is 13.0 Å². The Morgan fingerprint density at radius 1 is 0.857 bits per heavy atom. The highest BCUT2D eigenvalue weighted by atomic mass is 16.5. The van der Waals surface area contributed by atoms with E-state index >= 15 is 0 Å². The molecule has 35 heavy (non-hydrogen) atoms. The van der Waals surface area contributed by atoms with E-state index in [4.69, 9.17) is 5.21 Å². The second-order valence-electron chi connectivity index (χ2n) is 8.91. The van der Waals surface area contributed by atoms with Gasteiger partial charge in [-0.05, 0) is 41.3 Å². The maximum Gasteiger partial charge on any atom is 0.274 e. The lowest BCUT2D eigenvalue weighted by molar-refractivity contribution is 0.0630. The number of carbonyl (C=O) groups excluding carboxylic acids is 2. The molecular formula is C28H28N4O3. The number of hydroxylamine groups is 1. The number of nitrogens with zero attached hydrogens (tertiary/aromatic N) is 2. The molecule has 5 rings (SSSR count). The fourth-order valence-corrected chi connectivity index (χ4v) is 4.76. The molecule has 1 aliphatic rings. The van der Waals surface area contributed by atoms with Crippen LogP contribution in [0, 0.1) is 0 Å². The minimum absolute atomic E-state index is 0.0655. The quantitative estimate of drug-likeness (QED) is 0.296. The highest BCUT2D eigenvalue weighted by molar-refractivity contribution is 6.08. The van der Waals surface area contributed by atoms with Crippen molar-refractivity contribution in [1.82, 2.24) is 20.3 Å². The normalized spacial score (nSPS) is 14.3. The van der Waals surface area contributed by atoms with Gasteiger partial charge in [0.1, 0.15) is 0 Å². The zero-order valence-corrected chi connectivity index (χ0v) is 19.4. The first-order chi connectivity index (χ1) is 17.1. The van der Waals surface area contributed by atoms with E-state index in [1.54, 1.807) is 17.6 Å². The molecule has 178 valence electrons. The molecule has 0 aliphatic carbocycles. The van der Waals surface area contributed by atoms with Crippen LogP contribution >= 0.6 is 0 Å². The SMILES string of the molecule is O=C(NO)c1ccc(CN2CCN(C(=O)c3c[nH]c4cccc(Cc5ccccc5)c34)CC2)cc1. The van der Waals surface area contributed by atoms with Gasteiger partial charge in [0.2, 0.25) is 0 Å². The van der Waals surface area contributed by atoms with Gasteiger partial charge in [-0.25, -0.2) is 5.48 Å². The van der Waals surface area contributed by atoms with Crippen LogP contribution in [0.25, 0.3) is 10.9 Å². The van der Waals surface area contributed by atoms with Crippen LogP contribution in [-0.2, 0) is 13.0 Å². The predicted octanol–water partition coefficient (Wildman–Crippen LogP) is 3.84. The molecule has 2 heterocycles. The van der Waals surface area contributed by atoms with E-state index < -0.39 is 5.91 Å². The summed E-state index contributed by atoms with van der Waals surface area (Å²) in [6.45, 7) is 3.64. The van der Waals surface area contributed by atoms with Crippen molar-refractivity contribution in [2.75, 3.05) is 26.2 Å². The minimum Gasteiger partial charge on any atom is -0.360 e. The summed E-state index contributed by atoms with van der Waals surface area (Å²) in [6, 6.07) is 23.7. The summed E-state index contributed by atoms with van der Waals surface area (Å²) < 4.78 is 0. The third kappa shape index (κ3) is 4.96. The van der Waals surface area contributed by atoms with Gasteiger partial charge in [0.25, 0.3) is 11.8 Å². The lowest BCUT2D eigenvalue weighted by Gasteiger charge is -2.34. The average molecular weight is 469 g/mol. The third-order valence-electron chi connectivity index (χ3n) is 6.64. The van der Waals surface area contributed by atoms with Gasteiger partial charge in [-0.3, -0.25) is 19.7 Å². The number of benzene rings is 3. The lowest BCUT2D eigenvalue weighted by Crippen LogP contribution is -2.48. The first kappa shape index (κ1) is 22.8. The fourth-order valence-electron chi connectivity index (χ4n) is 4.76. The molecule has 1 saturated heterocycles. The van der Waals surface area contributed by atoms with Crippen molar-refractivity contribution in [2.24, 2.45) is 0 Å². The summed E-state index contributed by atoms with van der Waals surface area (Å²) in [7, 11) is 0. The largest absolute Gasteiger partial charge is 0.360 e. The summed E-state index contributed by atoms with van der Waals surface area (Å²) in [5.74, 6) is -0.455. The zero-order chi connectivity index (χ0) is 24.2. The number of hydrogen-bond acceptors (Lipinski definition) is 4. The second kappa shape index (κ2) is 10.1. The molecule has 0 atom stereocenters. The predicted molar refractivity (Wildman–Crippen MR) is 134 cm³/mol. The molecule has 7 heteroatoms. The lowest BCUT2D eigenvalue weighted by atomic mass is 9.99. The van der Waals surface area contributed by atoms with Gasteiger partial charge in [0.15, 0.2) is 0 Å². The molecule has 0 radical (unpaired) electrons. The Hall–Kier alpha value is -3.94. The molecule has 1 fully saturated rings. The number of amides is 2. The molecule has 1 aromatic heterocycles. The number of carbonyl (C=O) groups is 2. The van der Waals surface area contributed by atoms with Crippen LogP contribution in [0.4, 0.5) is 0 Å². The Kier molecular flexibility index (Phi) is 6.61. The monoisotopic (exact) mass is 468 g/mol. The molecule has 7 nitrogen and oxygen atoms in total. The maximum atomic E-state index is 13.5. The molecule has 2 amide bonds. The molecule has 0 unspecified atom stereocenters. The number of rotatable bonds is 6. The Morgan fingerprint density at radius 2 is 1.60 bits per heavy atom. The standard InChI is InChI=1S/C28H28N4O3/c33-27(30-35)22-11-9-21(10-12-22)19-31-13-15-32(16-14-31)28(34)24-18-29-25-8-4-7-23(26(24)25)17-20-5-2-1-3-6-20/h1-12,18,29,35H,13-17,19H2,(H,30,33). The van der Waals surface area contributed by atoms with Gasteiger partial charge in [0.05, 0.1) is 5.56 Å². The average Bonchev–Trinajstić information content (AvgIpc) is 3.35. The van der Waals surface area contributed by atoms with Crippen molar-refractivity contribution in [3.63, 3.8) is 0 Å². The molecule has 3 aromatic carbocycles. The summed E-state index contributed by atoms with van der Waals surface area (Å²) in [5, 5.41) is 9.76. The number of hydrogen-bond donors (Lipinski definition) is 3. The van der Waals surface area contributed by atoms with E-state index in [0.717, 1.165) is 53.6 Å². The van der Waals surface area contributed by atoms with Gasteiger partial charge in [0, 0.05) is 55.4 Å².